The number of anilines is 1. The summed E-state index contributed by atoms with van der Waals surface area (Å²) in [4.78, 5) is 23.3. The van der Waals surface area contributed by atoms with Crippen LogP contribution >= 0.6 is 0 Å². The molecule has 1 aromatic rings. The molecule has 1 rings (SSSR count). The van der Waals surface area contributed by atoms with Gasteiger partial charge >= 0.3 is 11.8 Å². The summed E-state index contributed by atoms with van der Waals surface area (Å²) >= 11 is 0. The number of benzene rings is 1. The third-order valence-corrected chi connectivity index (χ3v) is 2.84. The molecule has 0 radical (unpaired) electrons. The van der Waals surface area contributed by atoms with E-state index in [9.17, 15) is 9.59 Å². The van der Waals surface area contributed by atoms with E-state index in [0.29, 0.717) is 5.69 Å². The molecule has 98 valence electrons. The number of amides is 2. The largest absolute Gasteiger partial charge is 0.345 e. The molecular weight excluding hydrogens is 228 g/mol. The molecule has 4 heteroatoms. The zero-order valence-electron chi connectivity index (χ0n) is 11.3. The van der Waals surface area contributed by atoms with Gasteiger partial charge in [0.25, 0.3) is 0 Å². The smallest absolute Gasteiger partial charge is 0.313 e. The van der Waals surface area contributed by atoms with Gasteiger partial charge in [0.2, 0.25) is 0 Å². The van der Waals surface area contributed by atoms with E-state index in [1.54, 1.807) is 0 Å². The average molecular weight is 248 g/mol. The van der Waals surface area contributed by atoms with Crippen LogP contribution in [0.15, 0.2) is 18.2 Å². The molecule has 0 saturated heterocycles. The first kappa shape index (κ1) is 14.2. The highest BCUT2D eigenvalue weighted by molar-refractivity contribution is 6.39. The molecule has 0 saturated carbocycles. The summed E-state index contributed by atoms with van der Waals surface area (Å²) in [7, 11) is 0. The molecule has 4 nitrogen and oxygen atoms in total. The van der Waals surface area contributed by atoms with Gasteiger partial charge in [-0.25, -0.2) is 0 Å². The highest BCUT2D eigenvalue weighted by Gasteiger charge is 2.16. The summed E-state index contributed by atoms with van der Waals surface area (Å²) in [6.07, 6.45) is 0.794. The van der Waals surface area contributed by atoms with Crippen molar-refractivity contribution in [1.82, 2.24) is 5.32 Å². The van der Waals surface area contributed by atoms with Crippen molar-refractivity contribution in [1.29, 1.82) is 0 Å². The molecule has 18 heavy (non-hydrogen) atoms. The number of hydrogen-bond donors (Lipinski definition) is 2. The fraction of sp³-hybridized carbons (Fsp3) is 0.429. The van der Waals surface area contributed by atoms with Crippen LogP contribution in [0.4, 0.5) is 5.69 Å². The van der Waals surface area contributed by atoms with Crippen LogP contribution < -0.4 is 10.6 Å². The minimum atomic E-state index is -0.621. The number of carbonyl (C=O) groups excluding carboxylic acids is 2. The van der Waals surface area contributed by atoms with Crippen LogP contribution in [0.2, 0.25) is 0 Å². The number of hydrogen-bond acceptors (Lipinski definition) is 2. The second kappa shape index (κ2) is 6.19. The molecule has 1 aromatic carbocycles. The Morgan fingerprint density at radius 1 is 1.22 bits per heavy atom. The Morgan fingerprint density at radius 2 is 1.89 bits per heavy atom. The van der Waals surface area contributed by atoms with E-state index < -0.39 is 11.8 Å². The third kappa shape index (κ3) is 3.87. The van der Waals surface area contributed by atoms with Gasteiger partial charge in [-0.2, -0.15) is 0 Å². The lowest BCUT2D eigenvalue weighted by Crippen LogP contribution is -2.40. The van der Waals surface area contributed by atoms with Crippen LogP contribution in [0.25, 0.3) is 0 Å². The van der Waals surface area contributed by atoms with Crippen molar-refractivity contribution in [2.24, 2.45) is 0 Å². The Hall–Kier alpha value is -1.84. The molecular formula is C14H20N2O2. The SMILES string of the molecule is CC[C@@H](C)NC(=O)C(=O)Nc1cc(C)ccc1C. The lowest BCUT2D eigenvalue weighted by atomic mass is 10.1. The standard InChI is InChI=1S/C14H20N2O2/c1-5-11(4)15-13(17)14(18)16-12-8-9(2)6-7-10(12)3/h6-8,11H,5H2,1-4H3,(H,15,17)(H,16,18)/t11-/m1/s1. The Morgan fingerprint density at radius 3 is 2.50 bits per heavy atom. The highest BCUT2D eigenvalue weighted by Crippen LogP contribution is 2.16. The predicted molar refractivity (Wildman–Crippen MR) is 72.4 cm³/mol. The molecule has 1 atom stereocenters. The van der Waals surface area contributed by atoms with Gasteiger partial charge in [0, 0.05) is 11.7 Å². The molecule has 0 spiro atoms. The zero-order chi connectivity index (χ0) is 13.7. The molecule has 2 amide bonds. The van der Waals surface area contributed by atoms with Gasteiger partial charge in [0.05, 0.1) is 0 Å². The van der Waals surface area contributed by atoms with Crippen LogP contribution in [0.3, 0.4) is 0 Å². The lowest BCUT2D eigenvalue weighted by molar-refractivity contribution is -0.136. The van der Waals surface area contributed by atoms with Gasteiger partial charge in [-0.1, -0.05) is 19.1 Å². The average Bonchev–Trinajstić information content (AvgIpc) is 2.33. The fourth-order valence-electron chi connectivity index (χ4n) is 1.44. The van der Waals surface area contributed by atoms with Gasteiger partial charge in [0.1, 0.15) is 0 Å². The van der Waals surface area contributed by atoms with Crippen LogP contribution in [0, 0.1) is 13.8 Å². The summed E-state index contributed by atoms with van der Waals surface area (Å²) in [6.45, 7) is 7.65. The highest BCUT2D eigenvalue weighted by atomic mass is 16.2. The number of rotatable bonds is 3. The fourth-order valence-corrected chi connectivity index (χ4v) is 1.44. The second-order valence-corrected chi connectivity index (χ2v) is 4.56. The maximum atomic E-state index is 11.7. The molecule has 0 aliphatic rings. The zero-order valence-corrected chi connectivity index (χ0v) is 11.3. The van der Waals surface area contributed by atoms with E-state index in [2.05, 4.69) is 10.6 Å². The maximum Gasteiger partial charge on any atom is 0.313 e. The van der Waals surface area contributed by atoms with Crippen LogP contribution in [0.1, 0.15) is 31.4 Å². The number of aryl methyl sites for hydroxylation is 2. The van der Waals surface area contributed by atoms with E-state index in [1.165, 1.54) is 0 Å². The summed E-state index contributed by atoms with van der Waals surface area (Å²) in [5.41, 5.74) is 2.66. The number of carbonyl (C=O) groups is 2. The van der Waals surface area contributed by atoms with E-state index in [0.717, 1.165) is 17.5 Å². The van der Waals surface area contributed by atoms with Crippen molar-refractivity contribution in [3.05, 3.63) is 29.3 Å². The number of nitrogens with one attached hydrogen (secondary N) is 2. The molecule has 2 N–H and O–H groups in total. The van der Waals surface area contributed by atoms with Crippen LogP contribution in [-0.2, 0) is 9.59 Å². The van der Waals surface area contributed by atoms with Crippen molar-refractivity contribution in [2.75, 3.05) is 5.32 Å². The van der Waals surface area contributed by atoms with Gasteiger partial charge in [-0.05, 0) is 44.4 Å². The first-order chi connectivity index (χ1) is 8.43. The van der Waals surface area contributed by atoms with Gasteiger partial charge in [-0.15, -0.1) is 0 Å². The van der Waals surface area contributed by atoms with E-state index in [1.807, 2.05) is 45.9 Å². The van der Waals surface area contributed by atoms with E-state index in [4.69, 9.17) is 0 Å². The minimum Gasteiger partial charge on any atom is -0.345 e. The van der Waals surface area contributed by atoms with Crippen molar-refractivity contribution in [3.63, 3.8) is 0 Å². The second-order valence-electron chi connectivity index (χ2n) is 4.56. The van der Waals surface area contributed by atoms with Crippen LogP contribution in [-0.4, -0.2) is 17.9 Å². The first-order valence-corrected chi connectivity index (χ1v) is 6.13. The molecule has 0 fully saturated rings. The topological polar surface area (TPSA) is 58.2 Å². The minimum absolute atomic E-state index is 0.00172. The molecule has 0 aromatic heterocycles. The summed E-state index contributed by atoms with van der Waals surface area (Å²) in [6, 6.07) is 5.73. The van der Waals surface area contributed by atoms with Gasteiger partial charge < -0.3 is 10.6 Å². The third-order valence-electron chi connectivity index (χ3n) is 2.84. The van der Waals surface area contributed by atoms with Crippen molar-refractivity contribution in [3.8, 4) is 0 Å². The Bertz CT molecular complexity index is 455. The Balaban J connectivity index is 2.69. The van der Waals surface area contributed by atoms with Gasteiger partial charge in [0.15, 0.2) is 0 Å². The van der Waals surface area contributed by atoms with Gasteiger partial charge in [-0.3, -0.25) is 9.59 Å². The summed E-state index contributed by atoms with van der Waals surface area (Å²) in [5.74, 6) is -1.21. The van der Waals surface area contributed by atoms with Crippen molar-refractivity contribution in [2.45, 2.75) is 40.2 Å². The predicted octanol–water partition coefficient (Wildman–Crippen LogP) is 2.16. The summed E-state index contributed by atoms with van der Waals surface area (Å²) < 4.78 is 0. The lowest BCUT2D eigenvalue weighted by Gasteiger charge is -2.12. The Kier molecular flexibility index (Phi) is 4.89. The normalized spacial score (nSPS) is 11.8. The Labute approximate surface area is 108 Å². The van der Waals surface area contributed by atoms with Crippen molar-refractivity contribution < 1.29 is 9.59 Å². The molecule has 0 aliphatic heterocycles. The van der Waals surface area contributed by atoms with Crippen molar-refractivity contribution >= 4 is 17.5 Å². The monoisotopic (exact) mass is 248 g/mol. The van der Waals surface area contributed by atoms with E-state index >= 15 is 0 Å². The molecule has 0 bridgehead atoms. The maximum absolute atomic E-state index is 11.7. The molecule has 0 unspecified atom stereocenters. The molecule has 0 aliphatic carbocycles. The molecule has 0 heterocycles. The van der Waals surface area contributed by atoms with Crippen LogP contribution in [0.5, 0.6) is 0 Å². The summed E-state index contributed by atoms with van der Waals surface area (Å²) in [5, 5.41) is 5.26. The first-order valence-electron chi connectivity index (χ1n) is 6.13. The quantitative estimate of drug-likeness (QED) is 0.805. The van der Waals surface area contributed by atoms with E-state index in [-0.39, 0.29) is 6.04 Å².